The molecule has 1 fully saturated rings. The maximum absolute atomic E-state index is 13.8. The van der Waals surface area contributed by atoms with Gasteiger partial charge in [0.15, 0.2) is 0 Å². The maximum atomic E-state index is 13.8. The molecular weight excluding hydrogens is 386 g/mol. The lowest BCUT2D eigenvalue weighted by Crippen LogP contribution is -2.57. The van der Waals surface area contributed by atoms with Gasteiger partial charge in [-0.25, -0.2) is 13.6 Å². The Morgan fingerprint density at radius 2 is 1.53 bits per heavy atom. The summed E-state index contributed by atoms with van der Waals surface area (Å²) in [6.07, 6.45) is 1.36. The lowest BCUT2D eigenvalue weighted by atomic mass is 9.98. The maximum Gasteiger partial charge on any atom is 0.318 e. The summed E-state index contributed by atoms with van der Waals surface area (Å²) in [7, 11) is 4.13. The number of nitrogens with one attached hydrogen (secondary N) is 1. The van der Waals surface area contributed by atoms with Gasteiger partial charge in [-0.05, 0) is 55.9 Å². The van der Waals surface area contributed by atoms with Gasteiger partial charge in [-0.1, -0.05) is 31.2 Å². The lowest BCUT2D eigenvalue weighted by molar-refractivity contribution is 0.0386. The van der Waals surface area contributed by atoms with E-state index in [0.717, 1.165) is 19.5 Å². The van der Waals surface area contributed by atoms with Crippen LogP contribution in [0, 0.1) is 11.6 Å². The van der Waals surface area contributed by atoms with E-state index < -0.39 is 17.7 Å². The van der Waals surface area contributed by atoms with Crippen LogP contribution in [0.3, 0.4) is 0 Å². The Morgan fingerprint density at radius 3 is 1.97 bits per heavy atom. The van der Waals surface area contributed by atoms with Crippen LogP contribution in [-0.2, 0) is 0 Å². The lowest BCUT2D eigenvalue weighted by Gasteiger charge is -2.41. The third-order valence-electron chi connectivity index (χ3n) is 5.62. The van der Waals surface area contributed by atoms with Crippen molar-refractivity contribution in [3.8, 4) is 0 Å². The molecule has 7 heteroatoms. The summed E-state index contributed by atoms with van der Waals surface area (Å²) in [6.45, 7) is 4.94. The molecule has 3 rings (SSSR count). The largest absolute Gasteiger partial charge is 0.327 e. The standard InChI is InChI=1S/C23H30F2N4O/c1-4-21(27(2)3)28-11-13-29(14-12-28)23(30)26-22(17-7-5-9-19(24)15-17)18-8-6-10-20(25)16-18/h5-10,15-16,21-22H,4,11-14H2,1-3H3,(H,26,30). The fourth-order valence-electron chi connectivity index (χ4n) is 4.12. The van der Waals surface area contributed by atoms with Gasteiger partial charge in [-0.2, -0.15) is 0 Å². The minimum Gasteiger partial charge on any atom is -0.327 e. The van der Waals surface area contributed by atoms with E-state index in [1.807, 2.05) is 0 Å². The van der Waals surface area contributed by atoms with Gasteiger partial charge in [0.25, 0.3) is 0 Å². The van der Waals surface area contributed by atoms with Crippen LogP contribution < -0.4 is 5.32 Å². The molecular formula is C23H30F2N4O. The highest BCUT2D eigenvalue weighted by molar-refractivity contribution is 5.75. The molecule has 1 saturated heterocycles. The topological polar surface area (TPSA) is 38.8 Å². The number of carbonyl (C=O) groups excluding carboxylic acids is 1. The quantitative estimate of drug-likeness (QED) is 0.781. The molecule has 2 aromatic carbocycles. The molecule has 30 heavy (non-hydrogen) atoms. The van der Waals surface area contributed by atoms with E-state index in [9.17, 15) is 13.6 Å². The van der Waals surface area contributed by atoms with Crippen LogP contribution in [0.25, 0.3) is 0 Å². The fourth-order valence-corrected chi connectivity index (χ4v) is 4.12. The Morgan fingerprint density at radius 1 is 1.00 bits per heavy atom. The number of halogens is 2. The Bertz CT molecular complexity index is 807. The molecule has 2 aromatic rings. The first kappa shape index (κ1) is 22.2. The van der Waals surface area contributed by atoms with Crippen LogP contribution in [0.15, 0.2) is 48.5 Å². The number of amides is 2. The van der Waals surface area contributed by atoms with Crippen LogP contribution in [0.2, 0.25) is 0 Å². The zero-order valence-electron chi connectivity index (χ0n) is 17.8. The second kappa shape index (κ2) is 10.00. The summed E-state index contributed by atoms with van der Waals surface area (Å²) in [5.74, 6) is -0.794. The summed E-state index contributed by atoms with van der Waals surface area (Å²) >= 11 is 0. The molecule has 1 unspecified atom stereocenters. The van der Waals surface area contributed by atoms with Gasteiger partial charge in [-0.15, -0.1) is 0 Å². The van der Waals surface area contributed by atoms with Gasteiger partial charge in [-0.3, -0.25) is 9.80 Å². The highest BCUT2D eigenvalue weighted by atomic mass is 19.1. The predicted molar refractivity (Wildman–Crippen MR) is 114 cm³/mol. The van der Waals surface area contributed by atoms with Gasteiger partial charge in [0.2, 0.25) is 0 Å². The smallest absolute Gasteiger partial charge is 0.318 e. The van der Waals surface area contributed by atoms with E-state index in [4.69, 9.17) is 0 Å². The van der Waals surface area contributed by atoms with Crippen molar-refractivity contribution < 1.29 is 13.6 Å². The van der Waals surface area contributed by atoms with Crippen LogP contribution in [-0.4, -0.2) is 67.2 Å². The van der Waals surface area contributed by atoms with Crippen LogP contribution in [0.1, 0.15) is 30.5 Å². The molecule has 1 N–H and O–H groups in total. The number of piperazine rings is 1. The van der Waals surface area contributed by atoms with Crippen molar-refractivity contribution in [1.82, 2.24) is 20.0 Å². The normalized spacial score (nSPS) is 16.2. The molecule has 1 aliphatic rings. The van der Waals surface area contributed by atoms with Gasteiger partial charge in [0.1, 0.15) is 11.6 Å². The number of carbonyl (C=O) groups is 1. The third kappa shape index (κ3) is 5.34. The molecule has 1 heterocycles. The molecule has 2 amide bonds. The number of benzene rings is 2. The van der Waals surface area contributed by atoms with Gasteiger partial charge in [0.05, 0.1) is 12.2 Å². The average molecular weight is 417 g/mol. The summed E-state index contributed by atoms with van der Waals surface area (Å²) in [6, 6.07) is 11.2. The Kier molecular flexibility index (Phi) is 7.39. The van der Waals surface area contributed by atoms with Gasteiger partial charge < -0.3 is 10.2 Å². The van der Waals surface area contributed by atoms with E-state index in [-0.39, 0.29) is 6.03 Å². The monoisotopic (exact) mass is 416 g/mol. The molecule has 0 spiro atoms. The van der Waals surface area contributed by atoms with Crippen molar-refractivity contribution in [3.63, 3.8) is 0 Å². The summed E-state index contributed by atoms with van der Waals surface area (Å²) in [4.78, 5) is 19.3. The minimum absolute atomic E-state index is 0.230. The first-order valence-electron chi connectivity index (χ1n) is 10.4. The van der Waals surface area contributed by atoms with E-state index in [1.165, 1.54) is 24.3 Å². The number of hydrogen-bond acceptors (Lipinski definition) is 3. The van der Waals surface area contributed by atoms with Crippen LogP contribution in [0.4, 0.5) is 13.6 Å². The summed E-state index contributed by atoms with van der Waals surface area (Å²) in [5.41, 5.74) is 1.15. The third-order valence-corrected chi connectivity index (χ3v) is 5.62. The van der Waals surface area contributed by atoms with E-state index in [2.05, 4.69) is 36.1 Å². The second-order valence-corrected chi connectivity index (χ2v) is 7.87. The zero-order valence-corrected chi connectivity index (χ0v) is 17.8. The predicted octanol–water partition coefficient (Wildman–Crippen LogP) is 3.68. The van der Waals surface area contributed by atoms with E-state index >= 15 is 0 Å². The Hall–Kier alpha value is -2.51. The number of nitrogens with zero attached hydrogens (tertiary/aromatic N) is 3. The zero-order chi connectivity index (χ0) is 21.7. The Balaban J connectivity index is 1.73. The van der Waals surface area contributed by atoms with Crippen molar-refractivity contribution >= 4 is 6.03 Å². The fraction of sp³-hybridized carbons (Fsp3) is 0.435. The van der Waals surface area contributed by atoms with Crippen molar-refractivity contribution in [2.24, 2.45) is 0 Å². The minimum atomic E-state index is -0.632. The van der Waals surface area contributed by atoms with Crippen molar-refractivity contribution in [3.05, 3.63) is 71.3 Å². The molecule has 0 bridgehead atoms. The highest BCUT2D eigenvalue weighted by Gasteiger charge is 2.28. The highest BCUT2D eigenvalue weighted by Crippen LogP contribution is 2.24. The van der Waals surface area contributed by atoms with Crippen LogP contribution >= 0.6 is 0 Å². The van der Waals surface area contributed by atoms with Gasteiger partial charge >= 0.3 is 6.03 Å². The number of rotatable bonds is 6. The molecule has 0 aliphatic carbocycles. The number of urea groups is 1. The SMILES string of the molecule is CCC(N(C)C)N1CCN(C(=O)NC(c2cccc(F)c2)c2cccc(F)c2)CC1. The van der Waals surface area contributed by atoms with Crippen LogP contribution in [0.5, 0.6) is 0 Å². The van der Waals surface area contributed by atoms with Gasteiger partial charge in [0, 0.05) is 26.2 Å². The van der Waals surface area contributed by atoms with Crippen molar-refractivity contribution in [2.45, 2.75) is 25.6 Å². The summed E-state index contributed by atoms with van der Waals surface area (Å²) in [5, 5.41) is 2.98. The molecule has 1 aliphatic heterocycles. The molecule has 162 valence electrons. The number of hydrogen-bond donors (Lipinski definition) is 1. The van der Waals surface area contributed by atoms with E-state index in [0.29, 0.717) is 30.4 Å². The Labute approximate surface area is 177 Å². The van der Waals surface area contributed by atoms with Crippen molar-refractivity contribution in [1.29, 1.82) is 0 Å². The molecule has 0 saturated carbocycles. The molecule has 5 nitrogen and oxygen atoms in total. The first-order valence-corrected chi connectivity index (χ1v) is 10.4. The first-order chi connectivity index (χ1) is 14.4. The molecule has 0 radical (unpaired) electrons. The molecule has 0 aromatic heterocycles. The van der Waals surface area contributed by atoms with E-state index in [1.54, 1.807) is 29.2 Å². The second-order valence-electron chi connectivity index (χ2n) is 7.87. The molecule has 1 atom stereocenters. The average Bonchev–Trinajstić information content (AvgIpc) is 2.72. The summed E-state index contributed by atoms with van der Waals surface area (Å²) < 4.78 is 27.7. The van der Waals surface area contributed by atoms with Crippen molar-refractivity contribution in [2.75, 3.05) is 40.3 Å².